The molecule has 22 heavy (non-hydrogen) atoms. The van der Waals surface area contributed by atoms with Crippen LogP contribution in [-0.2, 0) is 0 Å². The van der Waals surface area contributed by atoms with Crippen LogP contribution >= 0.6 is 11.8 Å². The lowest BCUT2D eigenvalue weighted by atomic mass is 9.88. The first-order valence-corrected chi connectivity index (χ1v) is 8.04. The van der Waals surface area contributed by atoms with Crippen LogP contribution in [-0.4, -0.2) is 33.6 Å². The van der Waals surface area contributed by atoms with Gasteiger partial charge in [0.2, 0.25) is 0 Å². The van der Waals surface area contributed by atoms with E-state index in [0.717, 1.165) is 15.4 Å². The maximum atomic E-state index is 10.2. The van der Waals surface area contributed by atoms with Crippen molar-refractivity contribution in [2.24, 2.45) is 0 Å². The van der Waals surface area contributed by atoms with Crippen molar-refractivity contribution in [3.8, 4) is 0 Å². The van der Waals surface area contributed by atoms with Crippen molar-refractivity contribution < 1.29 is 15.3 Å². The van der Waals surface area contributed by atoms with Gasteiger partial charge in [-0.3, -0.25) is 0 Å². The third-order valence-electron chi connectivity index (χ3n) is 3.68. The van der Waals surface area contributed by atoms with Gasteiger partial charge in [0.15, 0.2) is 0 Å². The Morgan fingerprint density at radius 3 is 2.36 bits per heavy atom. The highest BCUT2D eigenvalue weighted by atomic mass is 32.2. The fourth-order valence-electron chi connectivity index (χ4n) is 2.59. The van der Waals surface area contributed by atoms with Gasteiger partial charge in [0.25, 0.3) is 0 Å². The Kier molecular flexibility index (Phi) is 4.64. The molecule has 0 saturated carbocycles. The molecule has 3 rings (SSSR count). The first-order valence-electron chi connectivity index (χ1n) is 7.23. The van der Waals surface area contributed by atoms with Crippen molar-refractivity contribution in [1.29, 1.82) is 0 Å². The average Bonchev–Trinajstić information content (AvgIpc) is 2.52. The molecule has 0 amide bonds. The fraction of sp³-hybridized carbons (Fsp3) is 0.222. The predicted octanol–water partition coefficient (Wildman–Crippen LogP) is 2.71. The van der Waals surface area contributed by atoms with Crippen molar-refractivity contribution in [2.75, 3.05) is 0 Å². The highest BCUT2D eigenvalue weighted by Crippen LogP contribution is 2.32. The molecule has 2 aromatic carbocycles. The van der Waals surface area contributed by atoms with E-state index >= 15 is 0 Å². The number of rotatable bonds is 3. The lowest BCUT2D eigenvalue weighted by Gasteiger charge is -2.28. The number of aliphatic hydroxyl groups excluding tert-OH is 3. The topological polar surface area (TPSA) is 60.7 Å². The SMILES string of the molecule is O[C@@H]1C=C(c2cccc(Sc3ccccc3)c2)[C@H](O)[C@@H](O)C1. The van der Waals surface area contributed by atoms with E-state index < -0.39 is 18.3 Å². The van der Waals surface area contributed by atoms with Gasteiger partial charge < -0.3 is 15.3 Å². The average molecular weight is 314 g/mol. The zero-order valence-corrected chi connectivity index (χ0v) is 12.8. The molecule has 114 valence electrons. The van der Waals surface area contributed by atoms with Gasteiger partial charge in [-0.25, -0.2) is 0 Å². The first kappa shape index (κ1) is 15.3. The number of hydrogen-bond donors (Lipinski definition) is 3. The highest BCUT2D eigenvalue weighted by Gasteiger charge is 2.29. The van der Waals surface area contributed by atoms with Crippen LogP contribution in [0, 0.1) is 0 Å². The van der Waals surface area contributed by atoms with Crippen LogP contribution in [0.1, 0.15) is 12.0 Å². The van der Waals surface area contributed by atoms with Crippen LogP contribution in [0.5, 0.6) is 0 Å². The second kappa shape index (κ2) is 6.67. The van der Waals surface area contributed by atoms with E-state index in [1.165, 1.54) is 0 Å². The number of benzene rings is 2. The minimum atomic E-state index is -0.958. The van der Waals surface area contributed by atoms with Crippen LogP contribution in [0.25, 0.3) is 5.57 Å². The van der Waals surface area contributed by atoms with Crippen LogP contribution < -0.4 is 0 Å². The Balaban J connectivity index is 1.88. The number of aliphatic hydroxyl groups is 3. The summed E-state index contributed by atoms with van der Waals surface area (Å²) in [5.41, 5.74) is 1.41. The molecule has 0 fully saturated rings. The lowest BCUT2D eigenvalue weighted by molar-refractivity contribution is 0.0161. The van der Waals surface area contributed by atoms with Gasteiger partial charge in [-0.1, -0.05) is 42.1 Å². The molecule has 1 aliphatic carbocycles. The molecular weight excluding hydrogens is 296 g/mol. The summed E-state index contributed by atoms with van der Waals surface area (Å²) in [6.07, 6.45) is -0.813. The molecule has 0 aromatic heterocycles. The molecule has 2 aromatic rings. The third-order valence-corrected chi connectivity index (χ3v) is 4.68. The van der Waals surface area contributed by atoms with E-state index in [1.807, 2.05) is 54.6 Å². The van der Waals surface area contributed by atoms with Gasteiger partial charge in [-0.15, -0.1) is 0 Å². The Hall–Kier alpha value is -1.59. The second-order valence-electron chi connectivity index (χ2n) is 5.38. The van der Waals surface area contributed by atoms with Crippen LogP contribution in [0.15, 0.2) is 70.5 Å². The monoisotopic (exact) mass is 314 g/mol. The smallest absolute Gasteiger partial charge is 0.105 e. The van der Waals surface area contributed by atoms with Crippen molar-refractivity contribution in [3.63, 3.8) is 0 Å². The van der Waals surface area contributed by atoms with E-state index in [1.54, 1.807) is 17.8 Å². The molecule has 0 radical (unpaired) electrons. The summed E-state index contributed by atoms with van der Waals surface area (Å²) in [6.45, 7) is 0. The maximum Gasteiger partial charge on any atom is 0.105 e. The van der Waals surface area contributed by atoms with Crippen molar-refractivity contribution in [3.05, 3.63) is 66.2 Å². The molecular formula is C18H18O3S. The second-order valence-corrected chi connectivity index (χ2v) is 6.53. The van der Waals surface area contributed by atoms with Crippen molar-refractivity contribution in [1.82, 2.24) is 0 Å². The minimum absolute atomic E-state index is 0.170. The molecule has 0 unspecified atom stereocenters. The zero-order valence-electron chi connectivity index (χ0n) is 12.0. The van der Waals surface area contributed by atoms with Gasteiger partial charge in [-0.2, -0.15) is 0 Å². The minimum Gasteiger partial charge on any atom is -0.390 e. The summed E-state index contributed by atoms with van der Waals surface area (Å²) in [5.74, 6) is 0. The van der Waals surface area contributed by atoms with E-state index in [2.05, 4.69) is 0 Å². The summed E-state index contributed by atoms with van der Waals surface area (Å²) in [4.78, 5) is 2.18. The largest absolute Gasteiger partial charge is 0.390 e. The summed E-state index contributed by atoms with van der Waals surface area (Å²) in [5, 5.41) is 29.8. The van der Waals surface area contributed by atoms with Gasteiger partial charge in [0, 0.05) is 16.2 Å². The fourth-order valence-corrected chi connectivity index (χ4v) is 3.49. The van der Waals surface area contributed by atoms with E-state index in [0.29, 0.717) is 5.57 Å². The van der Waals surface area contributed by atoms with E-state index in [4.69, 9.17) is 0 Å². The maximum absolute atomic E-state index is 10.2. The predicted molar refractivity (Wildman–Crippen MR) is 87.6 cm³/mol. The Morgan fingerprint density at radius 2 is 1.59 bits per heavy atom. The summed E-state index contributed by atoms with van der Waals surface area (Å²) < 4.78 is 0. The molecule has 3 N–H and O–H groups in total. The summed E-state index contributed by atoms with van der Waals surface area (Å²) >= 11 is 1.63. The van der Waals surface area contributed by atoms with Crippen LogP contribution in [0.2, 0.25) is 0 Å². The lowest BCUT2D eigenvalue weighted by Crippen LogP contribution is -2.35. The zero-order chi connectivity index (χ0) is 15.5. The molecule has 3 nitrogen and oxygen atoms in total. The standard InChI is InChI=1S/C18H18O3S/c19-13-10-16(18(21)17(20)11-13)12-5-4-8-15(9-12)22-14-6-2-1-3-7-14/h1-10,13,17-21H,11H2/t13-,17+,18+/m1/s1. The van der Waals surface area contributed by atoms with Crippen molar-refractivity contribution in [2.45, 2.75) is 34.5 Å². The molecule has 4 heteroatoms. The molecule has 0 saturated heterocycles. The molecule has 3 atom stereocenters. The molecule has 1 aliphatic rings. The quantitative estimate of drug-likeness (QED) is 0.815. The van der Waals surface area contributed by atoms with Gasteiger partial charge in [-0.05, 0) is 41.5 Å². The van der Waals surface area contributed by atoms with Crippen LogP contribution in [0.3, 0.4) is 0 Å². The van der Waals surface area contributed by atoms with Gasteiger partial charge in [0.1, 0.15) is 6.10 Å². The first-order chi connectivity index (χ1) is 10.6. The van der Waals surface area contributed by atoms with E-state index in [9.17, 15) is 15.3 Å². The molecule has 0 heterocycles. The number of hydrogen-bond acceptors (Lipinski definition) is 4. The molecule has 0 spiro atoms. The van der Waals surface area contributed by atoms with Crippen LogP contribution in [0.4, 0.5) is 0 Å². The van der Waals surface area contributed by atoms with Crippen molar-refractivity contribution >= 4 is 17.3 Å². The Bertz CT molecular complexity index is 669. The third kappa shape index (κ3) is 3.42. The molecule has 0 bridgehead atoms. The molecule has 0 aliphatic heterocycles. The Labute approximate surface area is 133 Å². The highest BCUT2D eigenvalue weighted by molar-refractivity contribution is 7.99. The van der Waals surface area contributed by atoms with E-state index in [-0.39, 0.29) is 6.42 Å². The van der Waals surface area contributed by atoms with Gasteiger partial charge in [0.05, 0.1) is 12.2 Å². The normalized spacial score (nSPS) is 24.9. The summed E-state index contributed by atoms with van der Waals surface area (Å²) in [7, 11) is 0. The Morgan fingerprint density at radius 1 is 0.864 bits per heavy atom. The van der Waals surface area contributed by atoms with Gasteiger partial charge >= 0.3 is 0 Å². The summed E-state index contributed by atoms with van der Waals surface area (Å²) in [6, 6.07) is 17.8.